The van der Waals surface area contributed by atoms with Crippen LogP contribution in [-0.4, -0.2) is 55.3 Å². The number of carbonyl (C=O) groups excluding carboxylic acids is 1. The Balaban J connectivity index is 1.91. The van der Waals surface area contributed by atoms with Crippen LogP contribution in [0.4, 0.5) is 0 Å². The number of phenolic OH excluding ortho intramolecular Hbond substituents is 1. The summed E-state index contributed by atoms with van der Waals surface area (Å²) in [5.74, 6) is -0.343. The average molecular weight is 299 g/mol. The first-order valence-corrected chi connectivity index (χ1v) is 6.98. The van der Waals surface area contributed by atoms with E-state index < -0.39 is 0 Å². The fourth-order valence-corrected chi connectivity index (χ4v) is 2.50. The van der Waals surface area contributed by atoms with Gasteiger partial charge in [-0.05, 0) is 24.6 Å². The average Bonchev–Trinajstić information content (AvgIpc) is 2.86. The van der Waals surface area contributed by atoms with Crippen molar-refractivity contribution in [2.45, 2.75) is 12.5 Å². The molecule has 5 nitrogen and oxygen atoms in total. The number of benzene rings is 1. The van der Waals surface area contributed by atoms with E-state index >= 15 is 0 Å². The van der Waals surface area contributed by atoms with Gasteiger partial charge in [0, 0.05) is 37.8 Å². The quantitative estimate of drug-likeness (QED) is 0.865. The maximum Gasteiger partial charge on any atom is 0.255 e. The predicted molar refractivity (Wildman–Crippen MR) is 77.3 cm³/mol. The summed E-state index contributed by atoms with van der Waals surface area (Å²) in [6.45, 7) is 3.30. The summed E-state index contributed by atoms with van der Waals surface area (Å²) in [6, 6.07) is 4.55. The van der Waals surface area contributed by atoms with Gasteiger partial charge in [-0.3, -0.25) is 9.69 Å². The Bertz CT molecular complexity index is 481. The van der Waals surface area contributed by atoms with Gasteiger partial charge in [-0.2, -0.15) is 0 Å². The van der Waals surface area contributed by atoms with Crippen molar-refractivity contribution in [2.24, 2.45) is 0 Å². The summed E-state index contributed by atoms with van der Waals surface area (Å²) in [4.78, 5) is 14.4. The fourth-order valence-electron chi connectivity index (χ4n) is 2.33. The van der Waals surface area contributed by atoms with E-state index in [9.17, 15) is 9.90 Å². The number of likely N-dealkylation sites (tertiary alicyclic amines) is 1. The monoisotopic (exact) mass is 298 g/mol. The largest absolute Gasteiger partial charge is 0.507 e. The highest BCUT2D eigenvalue weighted by Gasteiger charge is 2.24. The Labute approximate surface area is 123 Å². The standard InChI is InChI=1S/C14H19ClN2O3/c1-20-7-6-17-5-4-11(9-17)16-14(19)12-8-10(15)2-3-13(12)18/h2-3,8,11,18H,4-7,9H2,1H3,(H,16,19)/t11-/m1/s1. The second-order valence-electron chi connectivity index (χ2n) is 4.91. The van der Waals surface area contributed by atoms with Gasteiger partial charge < -0.3 is 15.2 Å². The van der Waals surface area contributed by atoms with E-state index in [0.717, 1.165) is 26.1 Å². The Hall–Kier alpha value is -1.30. The van der Waals surface area contributed by atoms with E-state index in [1.807, 2.05) is 0 Å². The van der Waals surface area contributed by atoms with Crippen molar-refractivity contribution in [1.82, 2.24) is 10.2 Å². The van der Waals surface area contributed by atoms with Crippen LogP contribution in [0.25, 0.3) is 0 Å². The van der Waals surface area contributed by atoms with Crippen molar-refractivity contribution in [2.75, 3.05) is 33.4 Å². The molecule has 0 radical (unpaired) electrons. The molecule has 1 amide bonds. The summed E-state index contributed by atoms with van der Waals surface area (Å²) in [5, 5.41) is 13.1. The predicted octanol–water partition coefficient (Wildman–Crippen LogP) is 1.50. The number of ether oxygens (including phenoxy) is 1. The van der Waals surface area contributed by atoms with Gasteiger partial charge in [0.1, 0.15) is 5.75 Å². The zero-order chi connectivity index (χ0) is 14.5. The van der Waals surface area contributed by atoms with Crippen LogP contribution in [-0.2, 0) is 4.74 Å². The molecule has 1 fully saturated rings. The molecule has 1 saturated heterocycles. The van der Waals surface area contributed by atoms with Crippen LogP contribution in [0.5, 0.6) is 5.75 Å². The van der Waals surface area contributed by atoms with E-state index in [0.29, 0.717) is 11.6 Å². The van der Waals surface area contributed by atoms with E-state index in [2.05, 4.69) is 10.2 Å². The van der Waals surface area contributed by atoms with Crippen LogP contribution in [0, 0.1) is 0 Å². The molecule has 0 spiro atoms. The lowest BCUT2D eigenvalue weighted by molar-refractivity contribution is 0.0934. The van der Waals surface area contributed by atoms with E-state index in [-0.39, 0.29) is 23.3 Å². The molecule has 0 aromatic heterocycles. The molecule has 0 unspecified atom stereocenters. The molecule has 20 heavy (non-hydrogen) atoms. The minimum Gasteiger partial charge on any atom is -0.507 e. The van der Waals surface area contributed by atoms with Gasteiger partial charge in [-0.1, -0.05) is 11.6 Å². The molecule has 110 valence electrons. The first-order valence-electron chi connectivity index (χ1n) is 6.61. The molecule has 0 bridgehead atoms. The van der Waals surface area contributed by atoms with Crippen LogP contribution in [0.15, 0.2) is 18.2 Å². The lowest BCUT2D eigenvalue weighted by Crippen LogP contribution is -2.37. The second-order valence-corrected chi connectivity index (χ2v) is 5.35. The number of hydrogen-bond donors (Lipinski definition) is 2. The highest BCUT2D eigenvalue weighted by atomic mass is 35.5. The third kappa shape index (κ3) is 3.85. The number of halogens is 1. The molecular weight excluding hydrogens is 280 g/mol. The van der Waals surface area contributed by atoms with E-state index in [4.69, 9.17) is 16.3 Å². The summed E-state index contributed by atoms with van der Waals surface area (Å²) < 4.78 is 5.04. The van der Waals surface area contributed by atoms with Gasteiger partial charge in [0.25, 0.3) is 5.91 Å². The SMILES string of the molecule is COCCN1CC[C@@H](NC(=O)c2cc(Cl)ccc2O)C1. The number of nitrogens with zero attached hydrogens (tertiary/aromatic N) is 1. The molecule has 2 rings (SSSR count). The number of nitrogens with one attached hydrogen (secondary N) is 1. The number of amides is 1. The van der Waals surface area contributed by atoms with Gasteiger partial charge in [0.2, 0.25) is 0 Å². The number of phenols is 1. The molecule has 0 aliphatic carbocycles. The van der Waals surface area contributed by atoms with Gasteiger partial charge in [0.15, 0.2) is 0 Å². The van der Waals surface area contributed by atoms with Crippen LogP contribution in [0.2, 0.25) is 5.02 Å². The van der Waals surface area contributed by atoms with Gasteiger partial charge >= 0.3 is 0 Å². The number of methoxy groups -OCH3 is 1. The van der Waals surface area contributed by atoms with Crippen molar-refractivity contribution in [3.05, 3.63) is 28.8 Å². The van der Waals surface area contributed by atoms with Crippen molar-refractivity contribution < 1.29 is 14.6 Å². The van der Waals surface area contributed by atoms with Crippen molar-refractivity contribution in [1.29, 1.82) is 0 Å². The molecule has 1 aliphatic rings. The maximum atomic E-state index is 12.1. The molecule has 0 saturated carbocycles. The maximum absolute atomic E-state index is 12.1. The first-order chi connectivity index (χ1) is 9.60. The van der Waals surface area contributed by atoms with Crippen LogP contribution < -0.4 is 5.32 Å². The topological polar surface area (TPSA) is 61.8 Å². The molecule has 1 aliphatic heterocycles. The molecule has 2 N–H and O–H groups in total. The smallest absolute Gasteiger partial charge is 0.255 e. The van der Waals surface area contributed by atoms with Gasteiger partial charge in [-0.15, -0.1) is 0 Å². The normalized spacial score (nSPS) is 19.2. The molecular formula is C14H19ClN2O3. The van der Waals surface area contributed by atoms with Crippen molar-refractivity contribution in [3.63, 3.8) is 0 Å². The van der Waals surface area contributed by atoms with Gasteiger partial charge in [-0.25, -0.2) is 0 Å². The Morgan fingerprint density at radius 1 is 1.60 bits per heavy atom. The minimum absolute atomic E-state index is 0.0545. The molecule has 1 heterocycles. The number of rotatable bonds is 5. The molecule has 1 aromatic carbocycles. The lowest BCUT2D eigenvalue weighted by atomic mass is 10.1. The third-order valence-corrected chi connectivity index (χ3v) is 3.66. The van der Waals surface area contributed by atoms with Crippen LogP contribution >= 0.6 is 11.6 Å². The van der Waals surface area contributed by atoms with Crippen LogP contribution in [0.3, 0.4) is 0 Å². The summed E-state index contributed by atoms with van der Waals surface area (Å²) >= 11 is 5.84. The Morgan fingerprint density at radius 2 is 2.40 bits per heavy atom. The summed E-state index contributed by atoms with van der Waals surface area (Å²) in [5.41, 5.74) is 0.216. The fraction of sp³-hybridized carbons (Fsp3) is 0.500. The lowest BCUT2D eigenvalue weighted by Gasteiger charge is -2.16. The summed E-state index contributed by atoms with van der Waals surface area (Å²) in [6.07, 6.45) is 0.900. The number of hydrogen-bond acceptors (Lipinski definition) is 4. The Kier molecular flexibility index (Phi) is 5.23. The number of aromatic hydroxyl groups is 1. The third-order valence-electron chi connectivity index (χ3n) is 3.42. The summed E-state index contributed by atoms with van der Waals surface area (Å²) in [7, 11) is 1.68. The van der Waals surface area contributed by atoms with Crippen molar-refractivity contribution in [3.8, 4) is 5.75 Å². The van der Waals surface area contributed by atoms with Gasteiger partial charge in [0.05, 0.1) is 12.2 Å². The molecule has 1 aromatic rings. The molecule has 1 atom stereocenters. The number of carbonyl (C=O) groups is 1. The minimum atomic E-state index is -0.288. The van der Waals surface area contributed by atoms with Crippen LogP contribution in [0.1, 0.15) is 16.8 Å². The zero-order valence-electron chi connectivity index (χ0n) is 11.4. The van der Waals surface area contributed by atoms with E-state index in [1.54, 1.807) is 13.2 Å². The highest BCUT2D eigenvalue weighted by molar-refractivity contribution is 6.31. The molecule has 6 heteroatoms. The van der Waals surface area contributed by atoms with Crippen molar-refractivity contribution >= 4 is 17.5 Å². The second kappa shape index (κ2) is 6.92. The Morgan fingerprint density at radius 3 is 3.15 bits per heavy atom. The highest BCUT2D eigenvalue weighted by Crippen LogP contribution is 2.21. The van der Waals surface area contributed by atoms with E-state index in [1.165, 1.54) is 12.1 Å². The first kappa shape index (κ1) is 15.1. The zero-order valence-corrected chi connectivity index (χ0v) is 12.2.